The van der Waals surface area contributed by atoms with Gasteiger partial charge in [-0.05, 0) is 19.5 Å². The summed E-state index contributed by atoms with van der Waals surface area (Å²) in [6.45, 7) is 4.64. The van der Waals surface area contributed by atoms with Gasteiger partial charge in [-0.15, -0.1) is 0 Å². The molecule has 3 rings (SSSR count). The molecule has 0 radical (unpaired) electrons. The fourth-order valence-corrected chi connectivity index (χ4v) is 3.22. The van der Waals surface area contributed by atoms with Crippen molar-refractivity contribution >= 4 is 19.7 Å². The Labute approximate surface area is 129 Å². The molecule has 0 amide bonds. The van der Waals surface area contributed by atoms with Gasteiger partial charge in [-0.3, -0.25) is 0 Å². The Hall–Kier alpha value is -0.590. The Bertz CT molecular complexity index is 587. The van der Waals surface area contributed by atoms with E-state index in [1.54, 1.807) is 0 Å². The smallest absolute Gasteiger partial charge is 0.00435 e. The van der Waals surface area contributed by atoms with Crippen molar-refractivity contribution in [2.75, 3.05) is 0 Å². The third-order valence-electron chi connectivity index (χ3n) is 3.38. The summed E-state index contributed by atoms with van der Waals surface area (Å²) in [5, 5.41) is 1.42. The monoisotopic (exact) mass is 325 g/mol. The van der Waals surface area contributed by atoms with Gasteiger partial charge in [0, 0.05) is 32.1 Å². The first-order valence-electron chi connectivity index (χ1n) is 6.02. The summed E-state index contributed by atoms with van der Waals surface area (Å²) >= 11 is 0. The van der Waals surface area contributed by atoms with E-state index in [1.807, 2.05) is 0 Å². The summed E-state index contributed by atoms with van der Waals surface area (Å²) in [5.74, 6) is 0.418. The van der Waals surface area contributed by atoms with Gasteiger partial charge in [0.2, 0.25) is 0 Å². The molecule has 2 aliphatic carbocycles. The Morgan fingerprint density at radius 2 is 1.83 bits per heavy atom. The van der Waals surface area contributed by atoms with Gasteiger partial charge in [0.15, 0.2) is 0 Å². The number of hydrogen-bond acceptors (Lipinski definition) is 0. The van der Waals surface area contributed by atoms with Crippen molar-refractivity contribution in [3.05, 3.63) is 65.3 Å². The van der Waals surface area contributed by atoms with Gasteiger partial charge in [0.05, 0.1) is 0 Å². The Morgan fingerprint density at radius 1 is 1.06 bits per heavy atom. The normalized spacial score (nSPS) is 19.6. The van der Waals surface area contributed by atoms with Crippen LogP contribution in [-0.2, 0) is 26.2 Å². The number of rotatable bonds is 1. The maximum absolute atomic E-state index is 3.59. The minimum atomic E-state index is -0.376. The maximum atomic E-state index is 3.59. The van der Waals surface area contributed by atoms with Crippen LogP contribution >= 0.6 is 0 Å². The summed E-state index contributed by atoms with van der Waals surface area (Å²) in [5.41, 5.74) is 4.10. The molecule has 0 saturated heterocycles. The first-order chi connectivity index (χ1) is 8.25. The summed E-state index contributed by atoms with van der Waals surface area (Å²) in [6.07, 6.45) is 12.6. The molecule has 0 heterocycles. The van der Waals surface area contributed by atoms with E-state index in [9.17, 15) is 0 Å². The molecule has 1 aromatic rings. The van der Waals surface area contributed by atoms with Gasteiger partial charge in [0.25, 0.3) is 0 Å². The summed E-state index contributed by atoms with van der Waals surface area (Å²) in [7, 11) is -0.376. The third-order valence-corrected chi connectivity index (χ3v) is 4.75. The zero-order valence-corrected chi connectivity index (χ0v) is 14.2. The number of allylic oxidation sites excluding steroid dienone is 5. The van der Waals surface area contributed by atoms with Gasteiger partial charge in [0.1, 0.15) is 0 Å². The van der Waals surface area contributed by atoms with Crippen LogP contribution in [0.3, 0.4) is 0 Å². The molecular weight excluding hydrogens is 311 g/mol. The third kappa shape index (κ3) is 2.41. The van der Waals surface area contributed by atoms with Crippen LogP contribution < -0.4 is 0 Å². The first-order valence-corrected chi connectivity index (χ1v) is 8.52. The molecule has 1 atom stereocenters. The number of benzene rings is 1. The molecule has 0 aromatic heterocycles. The van der Waals surface area contributed by atoms with Crippen LogP contribution in [0.5, 0.6) is 0 Å². The predicted molar refractivity (Wildman–Crippen MR) is 76.6 cm³/mol. The van der Waals surface area contributed by atoms with Crippen LogP contribution in [0, 0.1) is 6.08 Å². The first kappa shape index (κ1) is 13.8. The van der Waals surface area contributed by atoms with E-state index in [2.05, 4.69) is 67.7 Å². The van der Waals surface area contributed by atoms with Crippen LogP contribution in [0.4, 0.5) is 0 Å². The van der Waals surface area contributed by atoms with Crippen molar-refractivity contribution in [1.82, 2.24) is 0 Å². The van der Waals surface area contributed by atoms with E-state index in [-0.39, 0.29) is 34.6 Å². The van der Waals surface area contributed by atoms with E-state index in [4.69, 9.17) is 0 Å². The van der Waals surface area contributed by atoms with Crippen molar-refractivity contribution < 1.29 is 26.2 Å². The molecule has 0 fully saturated rings. The van der Waals surface area contributed by atoms with Crippen LogP contribution in [0.25, 0.3) is 6.08 Å². The standard InChI is InChI=1S/C16H15Si.Zr/c1-17(2)14-9-7-13(11-14)16-10-8-12-5-3-4-6-15(12)16;/h3-10,16H,1-2H3;/q-1;. The van der Waals surface area contributed by atoms with E-state index in [0.29, 0.717) is 5.92 Å². The van der Waals surface area contributed by atoms with Crippen molar-refractivity contribution in [2.24, 2.45) is 0 Å². The van der Waals surface area contributed by atoms with Crippen molar-refractivity contribution in [2.45, 2.75) is 19.0 Å². The summed E-state index contributed by atoms with van der Waals surface area (Å²) in [6, 6.07) is 8.64. The Morgan fingerprint density at radius 3 is 2.56 bits per heavy atom. The molecule has 0 aliphatic heterocycles. The molecule has 2 aliphatic rings. The van der Waals surface area contributed by atoms with Crippen LogP contribution in [0.2, 0.25) is 13.1 Å². The summed E-state index contributed by atoms with van der Waals surface area (Å²) < 4.78 is 0. The van der Waals surface area contributed by atoms with E-state index in [0.717, 1.165) is 0 Å². The SMILES string of the molecule is C[Si](C)=C1[C-]=C(C2C=Cc3ccccc32)C=C1.[Zr]. The Kier molecular flexibility index (Phi) is 4.29. The zero-order valence-electron chi connectivity index (χ0n) is 10.7. The fourth-order valence-electron chi connectivity index (χ4n) is 2.41. The van der Waals surface area contributed by atoms with Crippen LogP contribution in [0.15, 0.2) is 48.1 Å². The van der Waals surface area contributed by atoms with Crippen molar-refractivity contribution in [3.8, 4) is 0 Å². The topological polar surface area (TPSA) is 0 Å². The van der Waals surface area contributed by atoms with Crippen molar-refractivity contribution in [1.29, 1.82) is 0 Å². The van der Waals surface area contributed by atoms with Crippen LogP contribution in [-0.4, -0.2) is 13.6 Å². The minimum Gasteiger partial charge on any atom is -0.211 e. The van der Waals surface area contributed by atoms with Gasteiger partial charge in [-0.1, -0.05) is 49.5 Å². The van der Waals surface area contributed by atoms with Crippen LogP contribution in [0.1, 0.15) is 17.0 Å². The molecule has 18 heavy (non-hydrogen) atoms. The molecule has 0 spiro atoms. The number of fused-ring (bicyclic) bond motifs is 1. The molecule has 0 N–H and O–H groups in total. The second-order valence-corrected chi connectivity index (χ2v) is 7.33. The molecule has 0 nitrogen and oxygen atoms in total. The second-order valence-electron chi connectivity index (χ2n) is 4.79. The Balaban J connectivity index is 0.00000120. The molecule has 2 heteroatoms. The van der Waals surface area contributed by atoms with Gasteiger partial charge >= 0.3 is 0 Å². The molecule has 0 bridgehead atoms. The average molecular weight is 327 g/mol. The molecule has 1 unspecified atom stereocenters. The van der Waals surface area contributed by atoms with Crippen molar-refractivity contribution in [3.63, 3.8) is 0 Å². The molecule has 0 saturated carbocycles. The summed E-state index contributed by atoms with van der Waals surface area (Å²) in [4.78, 5) is 0. The van der Waals surface area contributed by atoms with E-state index < -0.39 is 0 Å². The quantitative estimate of drug-likeness (QED) is 0.546. The van der Waals surface area contributed by atoms with E-state index >= 15 is 0 Å². The zero-order chi connectivity index (χ0) is 11.8. The van der Waals surface area contributed by atoms with Gasteiger partial charge in [-0.2, -0.15) is 16.8 Å². The molecule has 88 valence electrons. The van der Waals surface area contributed by atoms with Gasteiger partial charge < -0.3 is 0 Å². The fraction of sp³-hybridized carbons (Fsp3) is 0.188. The molecular formula is C16H15SiZr-. The minimum absolute atomic E-state index is 0. The van der Waals surface area contributed by atoms with Gasteiger partial charge in [-0.25, -0.2) is 12.2 Å². The second kappa shape index (κ2) is 5.59. The number of hydrogen-bond donors (Lipinski definition) is 0. The maximum Gasteiger partial charge on any atom is 0.00435 e. The average Bonchev–Trinajstić information content (AvgIpc) is 2.95. The predicted octanol–water partition coefficient (Wildman–Crippen LogP) is 3.60. The largest absolute Gasteiger partial charge is 0.211 e. The molecule has 1 aromatic carbocycles. The van der Waals surface area contributed by atoms with E-state index in [1.165, 1.54) is 21.9 Å².